The summed E-state index contributed by atoms with van der Waals surface area (Å²) in [6, 6.07) is 0. The average Bonchev–Trinajstić information content (AvgIpc) is 2.58. The first kappa shape index (κ1) is 24.6. The Bertz CT molecular complexity index is 226. The van der Waals surface area contributed by atoms with Crippen LogP contribution in [0.5, 0.6) is 0 Å². The number of hydrogen-bond donors (Lipinski definition) is 0. The van der Waals surface area contributed by atoms with Crippen molar-refractivity contribution < 1.29 is 1.41 Å². The van der Waals surface area contributed by atoms with E-state index in [0.29, 0.717) is 0 Å². The molecule has 0 aromatic rings. The molecule has 0 fully saturated rings. The fourth-order valence-electron chi connectivity index (χ4n) is 3.48. The number of hydrogen-bond acceptors (Lipinski definition) is 1. The summed E-state index contributed by atoms with van der Waals surface area (Å²) >= 11 is -1.10. The summed E-state index contributed by atoms with van der Waals surface area (Å²) in [6.07, 6.45) is 20.1. The van der Waals surface area contributed by atoms with Crippen molar-refractivity contribution in [1.29, 1.82) is 0 Å². The molecule has 0 aliphatic rings. The maximum atomic E-state index is 6.36. The van der Waals surface area contributed by atoms with Crippen LogP contribution in [0.4, 0.5) is 0 Å². The molecular formula is C20H44OSn2. The molecule has 0 aromatic heterocycles. The molecular weight excluding hydrogens is 494 g/mol. The van der Waals surface area contributed by atoms with E-state index in [9.17, 15) is 0 Å². The molecule has 1 nitrogen and oxygen atoms in total. The van der Waals surface area contributed by atoms with Crippen molar-refractivity contribution in [2.24, 2.45) is 0 Å². The van der Waals surface area contributed by atoms with Crippen molar-refractivity contribution in [3.05, 3.63) is 0 Å². The van der Waals surface area contributed by atoms with Gasteiger partial charge in [0.15, 0.2) is 0 Å². The van der Waals surface area contributed by atoms with Crippen molar-refractivity contribution in [2.45, 2.75) is 124 Å². The minimum absolute atomic E-state index is 1.06. The first-order valence-electron chi connectivity index (χ1n) is 10.6. The fraction of sp³-hybridized carbons (Fsp3) is 1.00. The maximum absolute atomic E-state index is 6.36. The van der Waals surface area contributed by atoms with Crippen LogP contribution in [0.3, 0.4) is 0 Å². The summed E-state index contributed by atoms with van der Waals surface area (Å²) in [6.45, 7) is 6.97. The molecule has 0 unspecified atom stereocenters. The van der Waals surface area contributed by atoms with Crippen LogP contribution in [0.1, 0.15) is 111 Å². The zero-order valence-electron chi connectivity index (χ0n) is 16.5. The Balaban J connectivity index is 3.76. The van der Waals surface area contributed by atoms with E-state index in [1.165, 1.54) is 103 Å². The van der Waals surface area contributed by atoms with Gasteiger partial charge < -0.3 is 0 Å². The van der Waals surface area contributed by atoms with Gasteiger partial charge in [0.05, 0.1) is 0 Å². The Kier molecular flexibility index (Phi) is 19.6. The number of rotatable bonds is 18. The second-order valence-corrected chi connectivity index (χ2v) is 23.7. The van der Waals surface area contributed by atoms with Crippen LogP contribution in [0.2, 0.25) is 13.3 Å². The van der Waals surface area contributed by atoms with Gasteiger partial charge in [-0.05, 0) is 0 Å². The van der Waals surface area contributed by atoms with E-state index in [4.69, 9.17) is 1.41 Å². The number of unbranched alkanes of at least 4 members (excludes halogenated alkanes) is 11. The van der Waals surface area contributed by atoms with Crippen LogP contribution in [-0.4, -0.2) is 41.7 Å². The predicted octanol–water partition coefficient (Wildman–Crippen LogP) is 7.29. The van der Waals surface area contributed by atoms with Crippen LogP contribution in [0.15, 0.2) is 0 Å². The zero-order valence-corrected chi connectivity index (χ0v) is 22.7. The third-order valence-electron chi connectivity index (χ3n) is 5.21. The SMILES string of the molecule is CCCCCCCCCCC[CH2][Sn]([CH2]CCC)([CH2]CCC)[O][SnH]. The van der Waals surface area contributed by atoms with Gasteiger partial charge in [-0.3, -0.25) is 0 Å². The van der Waals surface area contributed by atoms with Crippen LogP contribution >= 0.6 is 0 Å². The Morgan fingerprint density at radius 3 is 1.26 bits per heavy atom. The van der Waals surface area contributed by atoms with Gasteiger partial charge >= 0.3 is 167 Å². The van der Waals surface area contributed by atoms with Gasteiger partial charge in [0.1, 0.15) is 0 Å². The molecule has 0 atom stereocenters. The molecule has 0 bridgehead atoms. The Morgan fingerprint density at radius 1 is 0.522 bits per heavy atom. The van der Waals surface area contributed by atoms with Crippen LogP contribution in [0, 0.1) is 0 Å². The molecule has 0 aromatic carbocycles. The summed E-state index contributed by atoms with van der Waals surface area (Å²) in [5.74, 6) is 0. The monoisotopic (exact) mass is 540 g/mol. The van der Waals surface area contributed by atoms with Crippen molar-refractivity contribution in [3.8, 4) is 0 Å². The Morgan fingerprint density at radius 2 is 0.870 bits per heavy atom. The molecule has 0 amide bonds. The fourth-order valence-corrected chi connectivity index (χ4v) is 21.7. The first-order valence-corrected chi connectivity index (χ1v) is 19.2. The van der Waals surface area contributed by atoms with Gasteiger partial charge in [0, 0.05) is 0 Å². The minimum atomic E-state index is -2.16. The van der Waals surface area contributed by atoms with E-state index in [-0.39, 0.29) is 0 Å². The summed E-state index contributed by atoms with van der Waals surface area (Å²) in [7, 11) is 0. The van der Waals surface area contributed by atoms with Gasteiger partial charge in [-0.2, -0.15) is 0 Å². The topological polar surface area (TPSA) is 9.23 Å². The van der Waals surface area contributed by atoms with E-state index in [1.54, 1.807) is 0 Å². The van der Waals surface area contributed by atoms with Crippen molar-refractivity contribution in [3.63, 3.8) is 0 Å². The molecule has 2 radical (unpaired) electrons. The van der Waals surface area contributed by atoms with E-state index in [2.05, 4.69) is 20.8 Å². The van der Waals surface area contributed by atoms with E-state index >= 15 is 0 Å². The molecule has 3 heteroatoms. The normalized spacial score (nSPS) is 12.0. The van der Waals surface area contributed by atoms with Crippen molar-refractivity contribution in [1.82, 2.24) is 0 Å². The van der Waals surface area contributed by atoms with Gasteiger partial charge in [-0.15, -0.1) is 0 Å². The Hall–Kier alpha value is 1.56. The van der Waals surface area contributed by atoms with E-state index < -0.39 is 18.8 Å². The van der Waals surface area contributed by atoms with E-state index in [0.717, 1.165) is 22.9 Å². The van der Waals surface area contributed by atoms with Crippen molar-refractivity contribution >= 4 is 41.7 Å². The van der Waals surface area contributed by atoms with Gasteiger partial charge in [-0.1, -0.05) is 0 Å². The third-order valence-corrected chi connectivity index (χ3v) is 27.0. The first-order chi connectivity index (χ1) is 11.2. The van der Waals surface area contributed by atoms with Gasteiger partial charge in [-0.25, -0.2) is 0 Å². The van der Waals surface area contributed by atoms with Crippen LogP contribution in [-0.2, 0) is 1.41 Å². The molecule has 0 aliphatic carbocycles. The van der Waals surface area contributed by atoms with Gasteiger partial charge in [0.2, 0.25) is 0 Å². The molecule has 0 N–H and O–H groups in total. The molecule has 0 spiro atoms. The zero-order chi connectivity index (χ0) is 17.2. The Labute approximate surface area is 166 Å². The van der Waals surface area contributed by atoms with Crippen molar-refractivity contribution in [2.75, 3.05) is 0 Å². The standard InChI is InChI=1S/C12H25.2C4H9.O.2Sn.H/c1-3-5-7-9-11-12-10-8-6-4-2;2*1-3-4-2;;;;/h1,3-12H2,2H3;2*1,3-4H2,2H3;;;;. The average molecular weight is 538 g/mol. The predicted molar refractivity (Wildman–Crippen MR) is 110 cm³/mol. The molecule has 0 rings (SSSR count). The van der Waals surface area contributed by atoms with Crippen LogP contribution < -0.4 is 0 Å². The second kappa shape index (κ2) is 18.4. The van der Waals surface area contributed by atoms with Gasteiger partial charge in [0.25, 0.3) is 0 Å². The summed E-state index contributed by atoms with van der Waals surface area (Å²) in [4.78, 5) is 0. The third kappa shape index (κ3) is 14.4. The second-order valence-electron chi connectivity index (χ2n) is 7.44. The molecule has 0 saturated carbocycles. The molecule has 23 heavy (non-hydrogen) atoms. The molecule has 0 aliphatic heterocycles. The summed E-state index contributed by atoms with van der Waals surface area (Å²) in [5, 5.41) is 0. The molecule has 0 saturated heterocycles. The molecule has 0 heterocycles. The molecule has 138 valence electrons. The van der Waals surface area contributed by atoms with Crippen LogP contribution in [0.25, 0.3) is 0 Å². The summed E-state index contributed by atoms with van der Waals surface area (Å²) in [5.41, 5.74) is 0. The quantitative estimate of drug-likeness (QED) is 0.132. The summed E-state index contributed by atoms with van der Waals surface area (Å²) < 4.78 is 10.9. The van der Waals surface area contributed by atoms with E-state index in [1.807, 2.05) is 0 Å².